The number of carbonyl (C=O) groups is 3. The van der Waals surface area contributed by atoms with E-state index in [1.807, 2.05) is 53.8 Å². The van der Waals surface area contributed by atoms with Crippen molar-refractivity contribution in [2.45, 2.75) is 11.8 Å². The minimum Gasteiger partial charge on any atom is -0.480 e. The highest BCUT2D eigenvalue weighted by molar-refractivity contribution is 5.87. The average molecular weight is 444 g/mol. The van der Waals surface area contributed by atoms with E-state index in [4.69, 9.17) is 9.84 Å². The van der Waals surface area contributed by atoms with Gasteiger partial charge in [-0.2, -0.15) is 8.78 Å². The lowest BCUT2D eigenvalue weighted by atomic mass is 9.98. The Labute approximate surface area is 183 Å². The molecule has 32 heavy (non-hydrogen) atoms. The number of fused-ring (bicyclic) bond motifs is 3. The van der Waals surface area contributed by atoms with E-state index in [-0.39, 0.29) is 19.1 Å². The molecule has 2 amide bonds. The molecule has 0 atom stereocenters. The predicted octanol–water partition coefficient (Wildman–Crippen LogP) is 3.26. The van der Waals surface area contributed by atoms with Gasteiger partial charge in [0.2, 0.25) is 0 Å². The fraction of sp³-hybridized carbons (Fsp3) is 0.261. The van der Waals surface area contributed by atoms with Gasteiger partial charge < -0.3 is 20.1 Å². The van der Waals surface area contributed by atoms with Gasteiger partial charge in [0.05, 0.1) is 6.54 Å². The van der Waals surface area contributed by atoms with Gasteiger partial charge in [-0.15, -0.1) is 6.58 Å². The second kappa shape index (κ2) is 9.59. The molecule has 1 aliphatic carbocycles. The van der Waals surface area contributed by atoms with Crippen molar-refractivity contribution in [1.29, 1.82) is 0 Å². The first-order valence-electron chi connectivity index (χ1n) is 9.83. The Morgan fingerprint density at radius 1 is 1.09 bits per heavy atom. The number of hydrogen-bond acceptors (Lipinski definition) is 4. The SMILES string of the molecule is C=CCN(CC(=O)O)C(=O)C(F)(F)CNC(=O)OCC1c2ccccc2-c2ccccc21. The number of nitrogens with one attached hydrogen (secondary N) is 1. The fourth-order valence-corrected chi connectivity index (χ4v) is 3.68. The number of nitrogens with zero attached hydrogens (tertiary/aromatic N) is 1. The molecule has 168 valence electrons. The molecule has 0 aromatic heterocycles. The van der Waals surface area contributed by atoms with Crippen LogP contribution in [0.2, 0.25) is 0 Å². The van der Waals surface area contributed by atoms with Crippen LogP contribution in [0.25, 0.3) is 11.1 Å². The van der Waals surface area contributed by atoms with Crippen molar-refractivity contribution in [3.63, 3.8) is 0 Å². The van der Waals surface area contributed by atoms with E-state index in [1.165, 1.54) is 0 Å². The third-order valence-electron chi connectivity index (χ3n) is 5.07. The largest absolute Gasteiger partial charge is 0.480 e. The Bertz CT molecular complexity index is 995. The van der Waals surface area contributed by atoms with Crippen molar-refractivity contribution in [3.05, 3.63) is 72.3 Å². The van der Waals surface area contributed by atoms with Gasteiger partial charge in [-0.25, -0.2) is 4.79 Å². The van der Waals surface area contributed by atoms with Gasteiger partial charge in [0.25, 0.3) is 5.91 Å². The lowest BCUT2D eigenvalue weighted by Gasteiger charge is -2.24. The second-order valence-electron chi connectivity index (χ2n) is 7.25. The number of carbonyl (C=O) groups excluding carboxylic acids is 2. The van der Waals surface area contributed by atoms with E-state index >= 15 is 0 Å². The lowest BCUT2D eigenvalue weighted by molar-refractivity contribution is -0.159. The van der Waals surface area contributed by atoms with E-state index < -0.39 is 37.0 Å². The van der Waals surface area contributed by atoms with Gasteiger partial charge in [0, 0.05) is 12.5 Å². The molecular weight excluding hydrogens is 422 g/mol. The van der Waals surface area contributed by atoms with Gasteiger partial charge in [-0.1, -0.05) is 54.6 Å². The molecule has 0 bridgehead atoms. The lowest BCUT2D eigenvalue weighted by Crippen LogP contribution is -2.51. The fourth-order valence-electron chi connectivity index (χ4n) is 3.68. The zero-order valence-corrected chi connectivity index (χ0v) is 17.1. The van der Waals surface area contributed by atoms with Crippen molar-refractivity contribution < 1.29 is 33.0 Å². The highest BCUT2D eigenvalue weighted by Gasteiger charge is 2.43. The summed E-state index contributed by atoms with van der Waals surface area (Å²) >= 11 is 0. The Balaban J connectivity index is 1.60. The summed E-state index contributed by atoms with van der Waals surface area (Å²) in [5, 5.41) is 10.7. The molecule has 0 saturated carbocycles. The summed E-state index contributed by atoms with van der Waals surface area (Å²) in [5.74, 6) is -7.42. The zero-order chi connectivity index (χ0) is 23.3. The number of amides is 2. The molecule has 9 heteroatoms. The molecule has 3 rings (SSSR count). The number of halogens is 2. The van der Waals surface area contributed by atoms with Crippen LogP contribution in [0.15, 0.2) is 61.2 Å². The number of hydrogen-bond donors (Lipinski definition) is 2. The molecular formula is C23H22F2N2O5. The van der Waals surface area contributed by atoms with Crippen LogP contribution in [0.4, 0.5) is 13.6 Å². The van der Waals surface area contributed by atoms with Crippen LogP contribution in [0.1, 0.15) is 17.0 Å². The molecule has 0 heterocycles. The Kier molecular flexibility index (Phi) is 6.87. The molecule has 2 aromatic rings. The van der Waals surface area contributed by atoms with Crippen LogP contribution < -0.4 is 5.32 Å². The molecule has 2 aromatic carbocycles. The maximum Gasteiger partial charge on any atom is 0.407 e. The molecule has 1 aliphatic rings. The van der Waals surface area contributed by atoms with Crippen LogP contribution >= 0.6 is 0 Å². The third-order valence-corrected chi connectivity index (χ3v) is 5.07. The predicted molar refractivity (Wildman–Crippen MR) is 112 cm³/mol. The number of alkyl halides is 2. The minimum absolute atomic E-state index is 0.0685. The summed E-state index contributed by atoms with van der Waals surface area (Å²) in [7, 11) is 0. The summed E-state index contributed by atoms with van der Waals surface area (Å²) in [5.41, 5.74) is 3.98. The highest BCUT2D eigenvalue weighted by atomic mass is 19.3. The van der Waals surface area contributed by atoms with Gasteiger partial charge in [-0.3, -0.25) is 9.59 Å². The second-order valence-corrected chi connectivity index (χ2v) is 7.25. The molecule has 2 N–H and O–H groups in total. The summed E-state index contributed by atoms with van der Waals surface area (Å²) in [6.07, 6.45) is 0.0310. The molecule has 0 aliphatic heterocycles. The van der Waals surface area contributed by atoms with Crippen molar-refractivity contribution in [1.82, 2.24) is 10.2 Å². The van der Waals surface area contributed by atoms with E-state index in [1.54, 1.807) is 0 Å². The Hall–Kier alpha value is -3.75. The maximum absolute atomic E-state index is 14.2. The van der Waals surface area contributed by atoms with Crippen LogP contribution in [-0.2, 0) is 14.3 Å². The van der Waals surface area contributed by atoms with Gasteiger partial charge in [0.15, 0.2) is 0 Å². The molecule has 0 unspecified atom stereocenters. The summed E-state index contributed by atoms with van der Waals surface area (Å²) in [4.78, 5) is 35.3. The number of carboxylic acid groups (broad SMARTS) is 1. The third kappa shape index (κ3) is 4.93. The van der Waals surface area contributed by atoms with E-state index in [0.717, 1.165) is 28.3 Å². The average Bonchev–Trinajstić information content (AvgIpc) is 3.09. The van der Waals surface area contributed by atoms with E-state index in [2.05, 4.69) is 6.58 Å². The molecule has 7 nitrogen and oxygen atoms in total. The topological polar surface area (TPSA) is 95.9 Å². The number of aliphatic carboxylic acids is 1. The van der Waals surface area contributed by atoms with Gasteiger partial charge in [-0.05, 0) is 22.3 Å². The van der Waals surface area contributed by atoms with Crippen molar-refractivity contribution in [2.75, 3.05) is 26.2 Å². The zero-order valence-electron chi connectivity index (χ0n) is 17.1. The Morgan fingerprint density at radius 3 is 2.19 bits per heavy atom. The number of rotatable bonds is 9. The van der Waals surface area contributed by atoms with Crippen LogP contribution in [0.3, 0.4) is 0 Å². The number of carboxylic acids is 1. The maximum atomic E-state index is 14.2. The standard InChI is InChI=1S/C23H22F2N2O5/c1-2-11-27(12-20(28)29)21(30)23(24,25)14-26-22(31)32-13-19-17-9-5-3-7-15(17)16-8-4-6-10-18(16)19/h2-10,19H,1,11-14H2,(H,26,31)(H,28,29). The van der Waals surface area contributed by atoms with Gasteiger partial charge >= 0.3 is 18.0 Å². The van der Waals surface area contributed by atoms with Crippen LogP contribution in [0, 0.1) is 0 Å². The van der Waals surface area contributed by atoms with Gasteiger partial charge in [0.1, 0.15) is 13.2 Å². The van der Waals surface area contributed by atoms with Crippen LogP contribution in [-0.4, -0.2) is 60.1 Å². The number of alkyl carbamates (subject to hydrolysis) is 1. The monoisotopic (exact) mass is 444 g/mol. The molecule has 0 radical (unpaired) electrons. The minimum atomic E-state index is -4.01. The highest BCUT2D eigenvalue weighted by Crippen LogP contribution is 2.44. The van der Waals surface area contributed by atoms with E-state index in [0.29, 0.717) is 4.90 Å². The summed E-state index contributed by atoms with van der Waals surface area (Å²) < 4.78 is 33.7. The normalized spacial score (nSPS) is 12.4. The summed E-state index contributed by atoms with van der Waals surface area (Å²) in [6, 6.07) is 15.3. The van der Waals surface area contributed by atoms with E-state index in [9.17, 15) is 23.2 Å². The smallest absolute Gasteiger partial charge is 0.407 e. The quantitative estimate of drug-likeness (QED) is 0.579. The van der Waals surface area contributed by atoms with Crippen LogP contribution in [0.5, 0.6) is 0 Å². The van der Waals surface area contributed by atoms with Crippen molar-refractivity contribution in [2.24, 2.45) is 0 Å². The first-order chi connectivity index (χ1) is 15.2. The molecule has 0 saturated heterocycles. The molecule has 0 fully saturated rings. The van der Waals surface area contributed by atoms with Crippen molar-refractivity contribution >= 4 is 18.0 Å². The van der Waals surface area contributed by atoms with Crippen molar-refractivity contribution in [3.8, 4) is 11.1 Å². The summed E-state index contributed by atoms with van der Waals surface area (Å²) in [6.45, 7) is 0.646. The first kappa shape index (κ1) is 22.9. The number of ether oxygens (including phenoxy) is 1. The number of benzene rings is 2. The molecule has 0 spiro atoms. The first-order valence-corrected chi connectivity index (χ1v) is 9.83. The Morgan fingerprint density at radius 2 is 1.66 bits per heavy atom.